The molecule has 1 fully saturated rings. The van der Waals surface area contributed by atoms with Crippen LogP contribution in [0.25, 0.3) is 11.1 Å². The molecule has 0 spiro atoms. The van der Waals surface area contributed by atoms with E-state index in [-0.39, 0.29) is 0 Å². The Morgan fingerprint density at radius 2 is 1.66 bits per heavy atom. The third-order valence-electron chi connectivity index (χ3n) is 7.31. The fourth-order valence-electron chi connectivity index (χ4n) is 5.58. The highest BCUT2D eigenvalue weighted by molar-refractivity contribution is 5.66. The zero-order chi connectivity index (χ0) is 20.1. The summed E-state index contributed by atoms with van der Waals surface area (Å²) in [6.07, 6.45) is 14.4. The summed E-state index contributed by atoms with van der Waals surface area (Å²) in [5.41, 5.74) is 5.81. The van der Waals surface area contributed by atoms with Crippen LogP contribution in [-0.4, -0.2) is 6.61 Å². The Balaban J connectivity index is 1.38. The number of hydrogen-bond donors (Lipinski definition) is 0. The highest BCUT2D eigenvalue weighted by atomic mass is 16.5. The summed E-state index contributed by atoms with van der Waals surface area (Å²) >= 11 is 0. The largest absolute Gasteiger partial charge is 0.494 e. The van der Waals surface area contributed by atoms with Gasteiger partial charge in [-0.25, -0.2) is 0 Å². The Labute approximate surface area is 177 Å². The number of aryl methyl sites for hydroxylation is 1. The number of rotatable bonds is 7. The van der Waals surface area contributed by atoms with Crippen molar-refractivity contribution in [3.63, 3.8) is 0 Å². The predicted molar refractivity (Wildman–Crippen MR) is 123 cm³/mol. The van der Waals surface area contributed by atoms with Gasteiger partial charge in [-0.05, 0) is 104 Å². The molecule has 1 atom stereocenters. The zero-order valence-electron chi connectivity index (χ0n) is 18.0. The van der Waals surface area contributed by atoms with Crippen LogP contribution in [0.1, 0.15) is 63.0 Å². The lowest BCUT2D eigenvalue weighted by molar-refractivity contribution is 0.185. The van der Waals surface area contributed by atoms with E-state index in [0.717, 1.165) is 30.1 Å². The Hall–Kier alpha value is -2.02. The van der Waals surface area contributed by atoms with E-state index < -0.39 is 0 Å². The Morgan fingerprint density at radius 3 is 2.38 bits per heavy atom. The second-order valence-corrected chi connectivity index (χ2v) is 9.09. The van der Waals surface area contributed by atoms with Gasteiger partial charge in [0, 0.05) is 0 Å². The second kappa shape index (κ2) is 9.65. The molecule has 0 N–H and O–H groups in total. The maximum Gasteiger partial charge on any atom is 0.119 e. The van der Waals surface area contributed by atoms with E-state index in [0.29, 0.717) is 0 Å². The van der Waals surface area contributed by atoms with Crippen molar-refractivity contribution in [2.75, 3.05) is 6.61 Å². The first-order valence-corrected chi connectivity index (χ1v) is 11.7. The van der Waals surface area contributed by atoms with Crippen LogP contribution in [0, 0.1) is 17.8 Å². The lowest BCUT2D eigenvalue weighted by Crippen LogP contribution is -2.26. The topological polar surface area (TPSA) is 9.23 Å². The van der Waals surface area contributed by atoms with Crippen LogP contribution in [0.4, 0.5) is 0 Å². The van der Waals surface area contributed by atoms with E-state index in [1.165, 1.54) is 68.9 Å². The van der Waals surface area contributed by atoms with Gasteiger partial charge in [-0.15, -0.1) is 6.58 Å². The molecule has 1 heteroatoms. The van der Waals surface area contributed by atoms with Gasteiger partial charge in [-0.1, -0.05) is 49.2 Å². The van der Waals surface area contributed by atoms with Gasteiger partial charge in [0.2, 0.25) is 0 Å². The van der Waals surface area contributed by atoms with Gasteiger partial charge in [0.05, 0.1) is 6.61 Å². The van der Waals surface area contributed by atoms with Gasteiger partial charge < -0.3 is 4.74 Å². The second-order valence-electron chi connectivity index (χ2n) is 9.09. The van der Waals surface area contributed by atoms with Crippen molar-refractivity contribution in [3.8, 4) is 16.9 Å². The molecule has 1 unspecified atom stereocenters. The lowest BCUT2D eigenvalue weighted by Gasteiger charge is -2.36. The molecule has 154 valence electrons. The summed E-state index contributed by atoms with van der Waals surface area (Å²) in [4.78, 5) is 0. The van der Waals surface area contributed by atoms with Crippen molar-refractivity contribution in [2.45, 2.75) is 64.7 Å². The predicted octanol–water partition coefficient (Wildman–Crippen LogP) is 7.63. The maximum atomic E-state index is 5.58. The monoisotopic (exact) mass is 388 g/mol. The van der Waals surface area contributed by atoms with Gasteiger partial charge >= 0.3 is 0 Å². The van der Waals surface area contributed by atoms with Crippen LogP contribution < -0.4 is 4.74 Å². The molecule has 0 aliphatic heterocycles. The van der Waals surface area contributed by atoms with Gasteiger partial charge in [0.25, 0.3) is 0 Å². The summed E-state index contributed by atoms with van der Waals surface area (Å²) < 4.78 is 5.58. The Morgan fingerprint density at radius 1 is 0.897 bits per heavy atom. The first-order valence-electron chi connectivity index (χ1n) is 11.7. The molecule has 1 saturated carbocycles. The van der Waals surface area contributed by atoms with Crippen LogP contribution in [0.2, 0.25) is 0 Å². The summed E-state index contributed by atoms with van der Waals surface area (Å²) in [5, 5.41) is 0. The molecule has 4 rings (SSSR count). The molecule has 0 radical (unpaired) electrons. The number of benzene rings is 2. The van der Waals surface area contributed by atoms with Crippen LogP contribution in [-0.2, 0) is 12.8 Å². The first-order chi connectivity index (χ1) is 14.3. The quantitative estimate of drug-likeness (QED) is 0.443. The standard InChI is InChI=1S/C28H36O/c1-3-5-6-21-7-9-22(10-8-21)24-11-13-27-20-25(12-14-26(27)19-24)23-15-17-28(18-16-23)29-4-2/h3,12,14-18,20-22,24H,1,4-11,13,19H2,2H3. The minimum Gasteiger partial charge on any atom is -0.494 e. The van der Waals surface area contributed by atoms with E-state index in [1.807, 2.05) is 6.92 Å². The average Bonchev–Trinajstić information content (AvgIpc) is 2.78. The third kappa shape index (κ3) is 4.94. The normalized spacial score (nSPS) is 24.0. The number of ether oxygens (including phenoxy) is 1. The van der Waals surface area contributed by atoms with Gasteiger partial charge in [0.1, 0.15) is 5.75 Å². The van der Waals surface area contributed by atoms with E-state index in [9.17, 15) is 0 Å². The van der Waals surface area contributed by atoms with Crippen molar-refractivity contribution in [1.82, 2.24) is 0 Å². The van der Waals surface area contributed by atoms with E-state index in [1.54, 1.807) is 11.1 Å². The molecule has 0 amide bonds. The fraction of sp³-hybridized carbons (Fsp3) is 0.500. The van der Waals surface area contributed by atoms with Gasteiger partial charge in [-0.3, -0.25) is 0 Å². The van der Waals surface area contributed by atoms with Crippen LogP contribution >= 0.6 is 0 Å². The molecule has 2 aliphatic carbocycles. The molecule has 0 heterocycles. The summed E-state index contributed by atoms with van der Waals surface area (Å²) in [7, 11) is 0. The molecular weight excluding hydrogens is 352 g/mol. The highest BCUT2D eigenvalue weighted by Crippen LogP contribution is 2.41. The minimum atomic E-state index is 0.718. The Kier molecular flexibility index (Phi) is 6.74. The number of fused-ring (bicyclic) bond motifs is 1. The number of allylic oxidation sites excluding steroid dienone is 1. The van der Waals surface area contributed by atoms with Crippen LogP contribution in [0.3, 0.4) is 0 Å². The van der Waals surface area contributed by atoms with E-state index in [4.69, 9.17) is 4.74 Å². The summed E-state index contributed by atoms with van der Waals surface area (Å²) in [6.45, 7) is 6.63. The molecule has 0 bridgehead atoms. The maximum absolute atomic E-state index is 5.58. The van der Waals surface area contributed by atoms with Crippen molar-refractivity contribution < 1.29 is 4.74 Å². The number of hydrogen-bond acceptors (Lipinski definition) is 1. The molecule has 2 aromatic carbocycles. The fourth-order valence-corrected chi connectivity index (χ4v) is 5.58. The third-order valence-corrected chi connectivity index (χ3v) is 7.31. The molecule has 1 nitrogen and oxygen atoms in total. The van der Waals surface area contributed by atoms with E-state index in [2.05, 4.69) is 55.1 Å². The lowest BCUT2D eigenvalue weighted by atomic mass is 9.69. The average molecular weight is 389 g/mol. The van der Waals surface area contributed by atoms with Crippen molar-refractivity contribution in [1.29, 1.82) is 0 Å². The highest BCUT2D eigenvalue weighted by Gasteiger charge is 2.30. The zero-order valence-corrected chi connectivity index (χ0v) is 18.0. The first kappa shape index (κ1) is 20.3. The van der Waals surface area contributed by atoms with Crippen LogP contribution in [0.15, 0.2) is 55.1 Å². The summed E-state index contributed by atoms with van der Waals surface area (Å²) in [5.74, 6) is 3.76. The molecule has 2 aromatic rings. The SMILES string of the molecule is C=CCCC1CCC(C2CCc3cc(-c4ccc(OCC)cc4)ccc3C2)CC1. The Bertz CT molecular complexity index is 796. The van der Waals surface area contributed by atoms with Crippen molar-refractivity contribution in [3.05, 3.63) is 66.2 Å². The molecule has 2 aliphatic rings. The molecule has 0 saturated heterocycles. The van der Waals surface area contributed by atoms with Crippen LogP contribution in [0.5, 0.6) is 5.75 Å². The molecular formula is C28H36O. The van der Waals surface area contributed by atoms with E-state index >= 15 is 0 Å². The minimum absolute atomic E-state index is 0.718. The van der Waals surface area contributed by atoms with Gasteiger partial charge in [0.15, 0.2) is 0 Å². The van der Waals surface area contributed by atoms with Gasteiger partial charge in [-0.2, -0.15) is 0 Å². The van der Waals surface area contributed by atoms with Crippen molar-refractivity contribution >= 4 is 0 Å². The molecule has 0 aromatic heterocycles. The summed E-state index contributed by atoms with van der Waals surface area (Å²) in [6, 6.07) is 15.7. The van der Waals surface area contributed by atoms with Crippen molar-refractivity contribution in [2.24, 2.45) is 17.8 Å². The molecule has 29 heavy (non-hydrogen) atoms. The smallest absolute Gasteiger partial charge is 0.119 e.